The number of rotatable bonds is 5. The van der Waals surface area contributed by atoms with Crippen LogP contribution in [0.25, 0.3) is 22.2 Å². The molecule has 0 unspecified atom stereocenters. The molecule has 0 atom stereocenters. The van der Waals surface area contributed by atoms with Crippen molar-refractivity contribution in [3.8, 4) is 11.1 Å². The molecule has 10 heteroatoms. The Morgan fingerprint density at radius 2 is 1.68 bits per heavy atom. The number of carbonyl (C=O) groups excluding carboxylic acids is 3. The van der Waals surface area contributed by atoms with Crippen molar-refractivity contribution in [2.24, 2.45) is 0 Å². The van der Waals surface area contributed by atoms with Crippen LogP contribution in [0.2, 0.25) is 0 Å². The highest BCUT2D eigenvalue weighted by molar-refractivity contribution is 6.21. The number of hydrogen-bond donors (Lipinski definition) is 0. The minimum Gasteiger partial charge on any atom is -0.444 e. The van der Waals surface area contributed by atoms with E-state index in [2.05, 4.69) is 21.9 Å². The van der Waals surface area contributed by atoms with E-state index in [4.69, 9.17) is 9.72 Å². The number of carbonyl (C=O) groups is 3. The third-order valence-electron chi connectivity index (χ3n) is 7.75. The Hall–Kier alpha value is -4.47. The Morgan fingerprint density at radius 1 is 1.00 bits per heavy atom. The summed E-state index contributed by atoms with van der Waals surface area (Å²) in [4.78, 5) is 46.1. The van der Waals surface area contributed by atoms with Gasteiger partial charge in [0.15, 0.2) is 0 Å². The van der Waals surface area contributed by atoms with Gasteiger partial charge in [-0.2, -0.15) is 5.10 Å². The van der Waals surface area contributed by atoms with Gasteiger partial charge in [-0.1, -0.05) is 18.2 Å². The Kier molecular flexibility index (Phi) is 6.63. The lowest BCUT2D eigenvalue weighted by Gasteiger charge is -2.33. The standard InChI is InChI=1S/C31H34N6O4/c1-5-35-26-16-20(21-17-32-37(18-21)22-12-14-34(15-13-22)30(40)41-31(2,3)4)10-11-25(26)33-27(35)19-36-28(38)23-8-6-7-9-24(23)29(36)39/h6-11,16-18,22H,5,12-15,19H2,1-4H3. The Bertz CT molecular complexity index is 1620. The molecule has 0 saturated carbocycles. The van der Waals surface area contributed by atoms with Crippen LogP contribution in [-0.2, 0) is 17.8 Å². The fourth-order valence-corrected chi connectivity index (χ4v) is 5.68. The van der Waals surface area contributed by atoms with E-state index in [1.807, 2.05) is 50.7 Å². The number of ether oxygens (including phenoxy) is 1. The lowest BCUT2D eigenvalue weighted by Crippen LogP contribution is -2.42. The second kappa shape index (κ2) is 10.2. The zero-order chi connectivity index (χ0) is 28.9. The molecular weight excluding hydrogens is 520 g/mol. The molecule has 0 bridgehead atoms. The number of fused-ring (bicyclic) bond motifs is 2. The van der Waals surface area contributed by atoms with E-state index < -0.39 is 5.60 Å². The van der Waals surface area contributed by atoms with Gasteiger partial charge in [-0.25, -0.2) is 9.78 Å². The highest BCUT2D eigenvalue weighted by Crippen LogP contribution is 2.30. The Labute approximate surface area is 238 Å². The molecule has 6 rings (SSSR count). The fourth-order valence-electron chi connectivity index (χ4n) is 5.68. The summed E-state index contributed by atoms with van der Waals surface area (Å²) in [5.41, 5.74) is 4.12. The zero-order valence-corrected chi connectivity index (χ0v) is 23.8. The smallest absolute Gasteiger partial charge is 0.410 e. The normalized spacial score (nSPS) is 16.1. The van der Waals surface area contributed by atoms with E-state index in [1.165, 1.54) is 4.90 Å². The van der Waals surface area contributed by atoms with Crippen LogP contribution >= 0.6 is 0 Å². The van der Waals surface area contributed by atoms with Gasteiger partial charge >= 0.3 is 6.09 Å². The summed E-state index contributed by atoms with van der Waals surface area (Å²) in [7, 11) is 0. The highest BCUT2D eigenvalue weighted by Gasteiger charge is 2.36. The second-order valence-electron chi connectivity index (χ2n) is 11.6. The first kappa shape index (κ1) is 26.7. The SMILES string of the molecule is CCn1c(CN2C(=O)c3ccccc3C2=O)nc2ccc(-c3cnn(C4CCN(C(=O)OC(C)(C)C)CC4)c3)cc21. The van der Waals surface area contributed by atoms with Crippen LogP contribution in [-0.4, -0.2) is 65.7 Å². The molecule has 41 heavy (non-hydrogen) atoms. The number of likely N-dealkylation sites (tertiary alicyclic amines) is 1. The van der Waals surface area contributed by atoms with Crippen molar-refractivity contribution in [2.45, 2.75) is 65.3 Å². The first-order chi connectivity index (χ1) is 19.6. The third-order valence-corrected chi connectivity index (χ3v) is 7.75. The molecule has 4 aromatic rings. The summed E-state index contributed by atoms with van der Waals surface area (Å²) < 4.78 is 9.57. The highest BCUT2D eigenvalue weighted by atomic mass is 16.6. The van der Waals surface area contributed by atoms with Crippen LogP contribution < -0.4 is 0 Å². The predicted molar refractivity (Wildman–Crippen MR) is 153 cm³/mol. The van der Waals surface area contributed by atoms with Crippen LogP contribution in [0.1, 0.15) is 73.1 Å². The minimum absolute atomic E-state index is 0.115. The van der Waals surface area contributed by atoms with Crippen molar-refractivity contribution in [1.29, 1.82) is 0 Å². The van der Waals surface area contributed by atoms with Crippen LogP contribution in [0.15, 0.2) is 54.9 Å². The number of nitrogens with zero attached hydrogens (tertiary/aromatic N) is 6. The summed E-state index contributed by atoms with van der Waals surface area (Å²) in [6.07, 6.45) is 5.28. The molecule has 0 aliphatic carbocycles. The first-order valence-corrected chi connectivity index (χ1v) is 14.1. The molecule has 1 saturated heterocycles. The molecule has 212 valence electrons. The summed E-state index contributed by atoms with van der Waals surface area (Å²) in [5, 5.41) is 4.66. The molecule has 3 amide bonds. The minimum atomic E-state index is -0.505. The Balaban J connectivity index is 1.19. The largest absolute Gasteiger partial charge is 0.444 e. The molecule has 2 aromatic carbocycles. The van der Waals surface area contributed by atoms with Gasteiger partial charge in [-0.05, 0) is 70.4 Å². The van der Waals surface area contributed by atoms with E-state index in [-0.39, 0.29) is 30.5 Å². The number of amides is 3. The van der Waals surface area contributed by atoms with E-state index in [9.17, 15) is 14.4 Å². The van der Waals surface area contributed by atoms with Crippen molar-refractivity contribution in [2.75, 3.05) is 13.1 Å². The summed E-state index contributed by atoms with van der Waals surface area (Å²) >= 11 is 0. The number of imidazole rings is 1. The van der Waals surface area contributed by atoms with Crippen LogP contribution in [0.3, 0.4) is 0 Å². The van der Waals surface area contributed by atoms with Gasteiger partial charge in [0.2, 0.25) is 0 Å². The zero-order valence-electron chi connectivity index (χ0n) is 23.8. The topological polar surface area (TPSA) is 103 Å². The number of aromatic nitrogens is 4. The number of piperidine rings is 1. The molecule has 2 aliphatic heterocycles. The molecule has 2 aliphatic rings. The van der Waals surface area contributed by atoms with Crippen molar-refractivity contribution < 1.29 is 19.1 Å². The predicted octanol–water partition coefficient (Wildman–Crippen LogP) is 5.29. The van der Waals surface area contributed by atoms with Gasteiger partial charge in [-0.3, -0.25) is 19.2 Å². The van der Waals surface area contributed by atoms with Crippen LogP contribution in [0, 0.1) is 0 Å². The van der Waals surface area contributed by atoms with E-state index in [1.54, 1.807) is 29.2 Å². The molecule has 10 nitrogen and oxygen atoms in total. The van der Waals surface area contributed by atoms with Crippen molar-refractivity contribution >= 4 is 28.9 Å². The average Bonchev–Trinajstić information content (AvgIpc) is 3.64. The van der Waals surface area contributed by atoms with Gasteiger partial charge < -0.3 is 14.2 Å². The van der Waals surface area contributed by atoms with Gasteiger partial charge in [0.1, 0.15) is 11.4 Å². The quantitative estimate of drug-likeness (QED) is 0.311. The maximum Gasteiger partial charge on any atom is 0.410 e. The van der Waals surface area contributed by atoms with Gasteiger partial charge in [0, 0.05) is 31.4 Å². The molecule has 4 heterocycles. The molecule has 2 aromatic heterocycles. The van der Waals surface area contributed by atoms with Crippen LogP contribution in [0.5, 0.6) is 0 Å². The summed E-state index contributed by atoms with van der Waals surface area (Å²) in [6.45, 7) is 9.69. The number of imide groups is 1. The van der Waals surface area contributed by atoms with Crippen molar-refractivity contribution in [3.63, 3.8) is 0 Å². The monoisotopic (exact) mass is 554 g/mol. The molecule has 1 fully saturated rings. The average molecular weight is 555 g/mol. The summed E-state index contributed by atoms with van der Waals surface area (Å²) in [5.74, 6) is 0.0947. The first-order valence-electron chi connectivity index (χ1n) is 14.1. The Morgan fingerprint density at radius 3 is 2.32 bits per heavy atom. The van der Waals surface area contributed by atoms with Crippen LogP contribution in [0.4, 0.5) is 4.79 Å². The summed E-state index contributed by atoms with van der Waals surface area (Å²) in [6, 6.07) is 13.2. The molecular formula is C31H34N6O4. The number of hydrogen-bond acceptors (Lipinski definition) is 6. The lowest BCUT2D eigenvalue weighted by molar-refractivity contribution is 0.0184. The van der Waals surface area contributed by atoms with Crippen molar-refractivity contribution in [1.82, 2.24) is 29.1 Å². The molecule has 0 spiro atoms. The van der Waals surface area contributed by atoms with Gasteiger partial charge in [0.05, 0.1) is 40.9 Å². The number of benzene rings is 2. The van der Waals surface area contributed by atoms with E-state index in [0.717, 1.165) is 35.0 Å². The molecule has 0 N–H and O–H groups in total. The number of aryl methyl sites for hydroxylation is 1. The third kappa shape index (κ3) is 4.98. The van der Waals surface area contributed by atoms with Gasteiger partial charge in [0.25, 0.3) is 11.8 Å². The maximum atomic E-state index is 12.9. The van der Waals surface area contributed by atoms with E-state index >= 15 is 0 Å². The van der Waals surface area contributed by atoms with E-state index in [0.29, 0.717) is 36.6 Å². The lowest BCUT2D eigenvalue weighted by atomic mass is 10.1. The van der Waals surface area contributed by atoms with Crippen molar-refractivity contribution in [3.05, 3.63) is 71.8 Å². The molecule has 0 radical (unpaired) electrons. The second-order valence-corrected chi connectivity index (χ2v) is 11.6. The fraction of sp³-hybridized carbons (Fsp3) is 0.387. The maximum absolute atomic E-state index is 12.9. The van der Waals surface area contributed by atoms with Gasteiger partial charge in [-0.15, -0.1) is 0 Å².